The lowest BCUT2D eigenvalue weighted by molar-refractivity contribution is -0.382. The van der Waals surface area contributed by atoms with E-state index in [9.17, 15) is 18.9 Å². The quantitative estimate of drug-likeness (QED) is 0.648. The summed E-state index contributed by atoms with van der Waals surface area (Å²) in [5.41, 5.74) is 0.242. The fraction of sp³-hybridized carbons (Fsp3) is 0.250. The van der Waals surface area contributed by atoms with Crippen LogP contribution >= 0.6 is 0 Å². The molecule has 2 N–H and O–H groups in total. The Kier molecular flexibility index (Phi) is 4.04. The van der Waals surface area contributed by atoms with E-state index in [4.69, 9.17) is 5.11 Å². The van der Waals surface area contributed by atoms with Crippen LogP contribution in [-0.4, -0.2) is 34.1 Å². The van der Waals surface area contributed by atoms with E-state index in [2.05, 4.69) is 10.3 Å². The lowest BCUT2D eigenvalue weighted by Gasteiger charge is -2.12. The van der Waals surface area contributed by atoms with E-state index in [-0.39, 0.29) is 11.4 Å². The molecule has 0 saturated carbocycles. The van der Waals surface area contributed by atoms with Gasteiger partial charge in [-0.2, -0.15) is 0 Å². The first-order valence-corrected chi connectivity index (χ1v) is 5.73. The molecule has 1 aromatic carbocycles. The SMILES string of the molecule is O=[N+]([O-])c1c(NCC(O)C(F)F)ccc2ncccc12. The van der Waals surface area contributed by atoms with Crippen molar-refractivity contribution < 1.29 is 18.8 Å². The average molecular weight is 283 g/mol. The maximum absolute atomic E-state index is 12.2. The second-order valence-electron chi connectivity index (χ2n) is 4.07. The monoisotopic (exact) mass is 283 g/mol. The van der Waals surface area contributed by atoms with Crippen LogP contribution in [-0.2, 0) is 0 Å². The van der Waals surface area contributed by atoms with Crippen molar-refractivity contribution in [1.29, 1.82) is 0 Å². The fourth-order valence-electron chi connectivity index (χ4n) is 1.78. The summed E-state index contributed by atoms with van der Waals surface area (Å²) in [6.45, 7) is -0.482. The molecule has 1 unspecified atom stereocenters. The summed E-state index contributed by atoms with van der Waals surface area (Å²) in [4.78, 5) is 14.5. The fourth-order valence-corrected chi connectivity index (χ4v) is 1.78. The Morgan fingerprint density at radius 1 is 1.40 bits per heavy atom. The number of benzene rings is 1. The number of nitro benzene ring substituents is 1. The number of aromatic nitrogens is 1. The maximum Gasteiger partial charge on any atom is 0.301 e. The van der Waals surface area contributed by atoms with Gasteiger partial charge < -0.3 is 10.4 Å². The van der Waals surface area contributed by atoms with Crippen LogP contribution in [0.3, 0.4) is 0 Å². The molecular formula is C12H11F2N3O3. The van der Waals surface area contributed by atoms with Gasteiger partial charge in [0.05, 0.1) is 15.8 Å². The average Bonchev–Trinajstić information content (AvgIpc) is 2.43. The Hall–Kier alpha value is -2.35. The van der Waals surface area contributed by atoms with E-state index in [1.165, 1.54) is 18.3 Å². The van der Waals surface area contributed by atoms with Crippen molar-refractivity contribution in [2.45, 2.75) is 12.5 Å². The van der Waals surface area contributed by atoms with Crippen LogP contribution in [0.4, 0.5) is 20.2 Å². The highest BCUT2D eigenvalue weighted by Crippen LogP contribution is 2.32. The topological polar surface area (TPSA) is 88.3 Å². The van der Waals surface area contributed by atoms with E-state index in [0.29, 0.717) is 10.9 Å². The van der Waals surface area contributed by atoms with Crippen molar-refractivity contribution in [3.63, 3.8) is 0 Å². The van der Waals surface area contributed by atoms with Crippen molar-refractivity contribution in [3.8, 4) is 0 Å². The Morgan fingerprint density at radius 2 is 2.15 bits per heavy atom. The highest BCUT2D eigenvalue weighted by atomic mass is 19.3. The van der Waals surface area contributed by atoms with Crippen molar-refractivity contribution in [2.75, 3.05) is 11.9 Å². The minimum atomic E-state index is -2.91. The molecule has 0 aliphatic heterocycles. The molecule has 0 amide bonds. The van der Waals surface area contributed by atoms with E-state index in [1.807, 2.05) is 0 Å². The second-order valence-corrected chi connectivity index (χ2v) is 4.07. The molecular weight excluding hydrogens is 272 g/mol. The number of nitrogens with zero attached hydrogens (tertiary/aromatic N) is 2. The molecule has 1 atom stereocenters. The third kappa shape index (κ3) is 2.80. The number of halogens is 2. The van der Waals surface area contributed by atoms with Gasteiger partial charge in [-0.25, -0.2) is 8.78 Å². The molecule has 0 aliphatic carbocycles. The summed E-state index contributed by atoms with van der Waals surface area (Å²) in [6.07, 6.45) is -3.30. The molecule has 8 heteroatoms. The Balaban J connectivity index is 2.38. The normalized spacial score (nSPS) is 12.6. The third-order valence-corrected chi connectivity index (χ3v) is 2.73. The Bertz CT molecular complexity index is 636. The van der Waals surface area contributed by atoms with Gasteiger partial charge >= 0.3 is 5.69 Å². The molecule has 106 valence electrons. The smallest absolute Gasteiger partial charge is 0.301 e. The number of hydrogen-bond donors (Lipinski definition) is 2. The lowest BCUT2D eigenvalue weighted by atomic mass is 10.1. The molecule has 2 rings (SSSR count). The predicted octanol–water partition coefficient (Wildman–Crippen LogP) is 2.18. The van der Waals surface area contributed by atoms with Gasteiger partial charge in [0.2, 0.25) is 0 Å². The number of nitro groups is 1. The molecule has 2 aromatic rings. The first-order valence-electron chi connectivity index (χ1n) is 5.73. The highest BCUT2D eigenvalue weighted by Gasteiger charge is 2.21. The number of fused-ring (bicyclic) bond motifs is 1. The van der Waals surface area contributed by atoms with Gasteiger partial charge in [-0.1, -0.05) is 0 Å². The summed E-state index contributed by atoms with van der Waals surface area (Å²) in [5.74, 6) is 0. The summed E-state index contributed by atoms with van der Waals surface area (Å²) < 4.78 is 24.4. The highest BCUT2D eigenvalue weighted by molar-refractivity contribution is 5.94. The van der Waals surface area contributed by atoms with Crippen LogP contribution in [0.1, 0.15) is 0 Å². The van der Waals surface area contributed by atoms with Gasteiger partial charge in [-0.3, -0.25) is 15.1 Å². The summed E-state index contributed by atoms with van der Waals surface area (Å²) in [7, 11) is 0. The summed E-state index contributed by atoms with van der Waals surface area (Å²) >= 11 is 0. The van der Waals surface area contributed by atoms with Crippen LogP contribution in [0.15, 0.2) is 30.5 Å². The van der Waals surface area contributed by atoms with E-state index < -0.39 is 24.0 Å². The first-order chi connectivity index (χ1) is 9.50. The van der Waals surface area contributed by atoms with E-state index >= 15 is 0 Å². The lowest BCUT2D eigenvalue weighted by Crippen LogP contribution is -2.27. The minimum absolute atomic E-state index is 0.0650. The second kappa shape index (κ2) is 5.74. The zero-order valence-corrected chi connectivity index (χ0v) is 10.2. The van der Waals surface area contributed by atoms with Gasteiger partial charge in [0.1, 0.15) is 11.8 Å². The number of rotatable bonds is 5. The molecule has 0 bridgehead atoms. The molecule has 0 fully saturated rings. The molecule has 0 aliphatic rings. The van der Waals surface area contributed by atoms with Crippen molar-refractivity contribution >= 4 is 22.3 Å². The van der Waals surface area contributed by atoms with Crippen LogP contribution in [0.25, 0.3) is 10.9 Å². The standard InChI is InChI=1S/C12H11F2N3O3/c13-12(14)10(18)6-16-9-4-3-8-7(2-1-5-15-8)11(9)17(19)20/h1-5,10,12,16,18H,6H2. The number of aliphatic hydroxyl groups excluding tert-OH is 1. The number of aliphatic hydroxyl groups is 1. The molecule has 1 aromatic heterocycles. The van der Waals surface area contributed by atoms with Gasteiger partial charge in [0.25, 0.3) is 6.43 Å². The number of pyridine rings is 1. The maximum atomic E-state index is 12.2. The van der Waals surface area contributed by atoms with E-state index in [1.54, 1.807) is 12.1 Å². The van der Waals surface area contributed by atoms with Crippen LogP contribution in [0, 0.1) is 10.1 Å². The van der Waals surface area contributed by atoms with Crippen LogP contribution < -0.4 is 5.32 Å². The molecule has 0 saturated heterocycles. The molecule has 6 nitrogen and oxygen atoms in total. The number of alkyl halides is 2. The Labute approximate surface area is 112 Å². The largest absolute Gasteiger partial charge is 0.385 e. The number of hydrogen-bond acceptors (Lipinski definition) is 5. The zero-order chi connectivity index (χ0) is 14.7. The Morgan fingerprint density at radius 3 is 2.80 bits per heavy atom. The van der Waals surface area contributed by atoms with E-state index in [0.717, 1.165) is 0 Å². The van der Waals surface area contributed by atoms with Gasteiger partial charge in [-0.05, 0) is 24.3 Å². The molecule has 20 heavy (non-hydrogen) atoms. The predicted molar refractivity (Wildman–Crippen MR) is 68.9 cm³/mol. The summed E-state index contributed by atoms with van der Waals surface area (Å²) in [5, 5.41) is 22.9. The number of nitrogens with one attached hydrogen (secondary N) is 1. The van der Waals surface area contributed by atoms with Crippen molar-refractivity contribution in [2.24, 2.45) is 0 Å². The van der Waals surface area contributed by atoms with Gasteiger partial charge in [0, 0.05) is 12.7 Å². The molecule has 0 radical (unpaired) electrons. The van der Waals surface area contributed by atoms with Gasteiger partial charge in [-0.15, -0.1) is 0 Å². The molecule has 0 spiro atoms. The zero-order valence-electron chi connectivity index (χ0n) is 10.2. The van der Waals surface area contributed by atoms with Crippen molar-refractivity contribution in [1.82, 2.24) is 4.98 Å². The first kappa shape index (κ1) is 14.1. The van der Waals surface area contributed by atoms with Crippen LogP contribution in [0.2, 0.25) is 0 Å². The minimum Gasteiger partial charge on any atom is -0.385 e. The molecule has 1 heterocycles. The van der Waals surface area contributed by atoms with Crippen molar-refractivity contribution in [3.05, 3.63) is 40.6 Å². The third-order valence-electron chi connectivity index (χ3n) is 2.73. The summed E-state index contributed by atoms with van der Waals surface area (Å²) in [6, 6.07) is 5.99. The van der Waals surface area contributed by atoms with Gasteiger partial charge in [0.15, 0.2) is 0 Å². The number of anilines is 1. The van der Waals surface area contributed by atoms with Crippen LogP contribution in [0.5, 0.6) is 0 Å².